The minimum atomic E-state index is -0.914. The van der Waals surface area contributed by atoms with E-state index in [1.807, 2.05) is 20.8 Å². The van der Waals surface area contributed by atoms with E-state index in [4.69, 9.17) is 0 Å². The Bertz CT molecular complexity index is 403. The lowest BCUT2D eigenvalue weighted by molar-refractivity contribution is -0.144. The Morgan fingerprint density at radius 3 is 2.78 bits per heavy atom. The van der Waals surface area contributed by atoms with Gasteiger partial charge in [0.15, 0.2) is 0 Å². The molecule has 18 heavy (non-hydrogen) atoms. The summed E-state index contributed by atoms with van der Waals surface area (Å²) in [6.07, 6.45) is 2.89. The van der Waals surface area contributed by atoms with Crippen LogP contribution in [0.5, 0.6) is 0 Å². The van der Waals surface area contributed by atoms with Gasteiger partial charge in [-0.05, 0) is 27.2 Å². The summed E-state index contributed by atoms with van der Waals surface area (Å²) in [6.45, 7) is 8.11. The van der Waals surface area contributed by atoms with Crippen molar-refractivity contribution in [3.63, 3.8) is 0 Å². The van der Waals surface area contributed by atoms with Crippen LogP contribution in [0.3, 0.4) is 0 Å². The zero-order chi connectivity index (χ0) is 13.8. The van der Waals surface area contributed by atoms with Crippen molar-refractivity contribution >= 4 is 5.97 Å². The number of carbonyl (C=O) groups is 1. The lowest BCUT2D eigenvalue weighted by Crippen LogP contribution is -2.49. The summed E-state index contributed by atoms with van der Waals surface area (Å²) in [6, 6.07) is 0.214. The number of rotatable bonds is 7. The fourth-order valence-electron chi connectivity index (χ4n) is 1.88. The molecular formula is C12H22N4O2. The van der Waals surface area contributed by atoms with Crippen molar-refractivity contribution in [3.05, 3.63) is 12.2 Å². The topological polar surface area (TPSA) is 80.0 Å². The van der Waals surface area contributed by atoms with E-state index in [1.54, 1.807) is 11.6 Å². The SMILES string of the molecule is CCCC(C)(NCc1ncnn1C(C)C)C(=O)O. The number of aliphatic carboxylic acids is 1. The standard InChI is InChI=1S/C12H22N4O2/c1-5-6-12(4,11(17)18)14-7-10-13-8-15-16(10)9(2)3/h8-9,14H,5-7H2,1-4H3,(H,17,18). The molecule has 0 bridgehead atoms. The molecule has 0 radical (unpaired) electrons. The quantitative estimate of drug-likeness (QED) is 0.772. The zero-order valence-electron chi connectivity index (χ0n) is 11.5. The summed E-state index contributed by atoms with van der Waals surface area (Å²) >= 11 is 0. The molecule has 1 unspecified atom stereocenters. The van der Waals surface area contributed by atoms with Gasteiger partial charge in [-0.25, -0.2) is 9.67 Å². The first-order valence-electron chi connectivity index (χ1n) is 6.27. The Kier molecular flexibility index (Phi) is 4.84. The molecule has 0 saturated carbocycles. The molecule has 0 aromatic carbocycles. The van der Waals surface area contributed by atoms with Gasteiger partial charge in [0.1, 0.15) is 17.7 Å². The number of aromatic nitrogens is 3. The smallest absolute Gasteiger partial charge is 0.323 e. The maximum atomic E-state index is 11.3. The number of nitrogens with one attached hydrogen (secondary N) is 1. The Balaban J connectivity index is 2.73. The molecular weight excluding hydrogens is 232 g/mol. The van der Waals surface area contributed by atoms with Crippen molar-refractivity contribution < 1.29 is 9.90 Å². The Hall–Kier alpha value is -1.43. The fourth-order valence-corrected chi connectivity index (χ4v) is 1.88. The summed E-state index contributed by atoms with van der Waals surface area (Å²) < 4.78 is 1.79. The molecule has 0 aliphatic rings. The maximum absolute atomic E-state index is 11.3. The van der Waals surface area contributed by atoms with Crippen molar-refractivity contribution in [1.82, 2.24) is 20.1 Å². The van der Waals surface area contributed by atoms with Gasteiger partial charge in [0, 0.05) is 6.04 Å². The van der Waals surface area contributed by atoms with Gasteiger partial charge in [0.2, 0.25) is 0 Å². The summed E-state index contributed by atoms with van der Waals surface area (Å²) in [4.78, 5) is 15.4. The van der Waals surface area contributed by atoms with E-state index in [-0.39, 0.29) is 6.04 Å². The van der Waals surface area contributed by atoms with E-state index in [0.717, 1.165) is 12.2 Å². The molecule has 0 amide bonds. The van der Waals surface area contributed by atoms with Gasteiger partial charge in [-0.2, -0.15) is 5.10 Å². The van der Waals surface area contributed by atoms with Crippen LogP contribution in [0, 0.1) is 0 Å². The second-order valence-electron chi connectivity index (χ2n) is 4.96. The highest BCUT2D eigenvalue weighted by Crippen LogP contribution is 2.14. The van der Waals surface area contributed by atoms with Crippen LogP contribution in [-0.2, 0) is 11.3 Å². The normalized spacial score (nSPS) is 14.7. The molecule has 0 aliphatic heterocycles. The van der Waals surface area contributed by atoms with E-state index in [0.29, 0.717) is 13.0 Å². The van der Waals surface area contributed by atoms with Crippen LogP contribution in [0.25, 0.3) is 0 Å². The van der Waals surface area contributed by atoms with Crippen LogP contribution >= 0.6 is 0 Å². The summed E-state index contributed by atoms with van der Waals surface area (Å²) in [5.74, 6) is -0.0754. The summed E-state index contributed by atoms with van der Waals surface area (Å²) in [5.41, 5.74) is -0.914. The van der Waals surface area contributed by atoms with Crippen LogP contribution in [-0.4, -0.2) is 31.4 Å². The fraction of sp³-hybridized carbons (Fsp3) is 0.750. The van der Waals surface area contributed by atoms with E-state index >= 15 is 0 Å². The number of nitrogens with zero attached hydrogens (tertiary/aromatic N) is 3. The molecule has 102 valence electrons. The number of hydrogen-bond donors (Lipinski definition) is 2. The van der Waals surface area contributed by atoms with Gasteiger partial charge in [-0.15, -0.1) is 0 Å². The average Bonchev–Trinajstić information content (AvgIpc) is 2.74. The predicted molar refractivity (Wildman–Crippen MR) is 68.2 cm³/mol. The third kappa shape index (κ3) is 3.29. The molecule has 1 rings (SSSR count). The molecule has 1 aromatic heterocycles. The highest BCUT2D eigenvalue weighted by molar-refractivity contribution is 5.78. The van der Waals surface area contributed by atoms with E-state index in [2.05, 4.69) is 15.4 Å². The Morgan fingerprint density at radius 1 is 1.61 bits per heavy atom. The second kappa shape index (κ2) is 5.95. The third-order valence-electron chi connectivity index (χ3n) is 3.00. The van der Waals surface area contributed by atoms with Gasteiger partial charge in [0.25, 0.3) is 0 Å². The van der Waals surface area contributed by atoms with Gasteiger partial charge in [-0.1, -0.05) is 13.3 Å². The Labute approximate surface area is 107 Å². The van der Waals surface area contributed by atoms with Crippen molar-refractivity contribution in [2.24, 2.45) is 0 Å². The first-order chi connectivity index (χ1) is 8.40. The van der Waals surface area contributed by atoms with Crippen LogP contribution in [0.1, 0.15) is 52.4 Å². The molecule has 6 nitrogen and oxygen atoms in total. The Morgan fingerprint density at radius 2 is 2.28 bits per heavy atom. The number of carboxylic acids is 1. The molecule has 0 spiro atoms. The maximum Gasteiger partial charge on any atom is 0.323 e. The highest BCUT2D eigenvalue weighted by atomic mass is 16.4. The predicted octanol–water partition coefficient (Wildman–Crippen LogP) is 1.59. The monoisotopic (exact) mass is 254 g/mol. The first-order valence-corrected chi connectivity index (χ1v) is 6.27. The van der Waals surface area contributed by atoms with Crippen molar-refractivity contribution in [2.45, 2.75) is 58.7 Å². The minimum absolute atomic E-state index is 0.214. The molecule has 0 aliphatic carbocycles. The second-order valence-corrected chi connectivity index (χ2v) is 4.96. The lowest BCUT2D eigenvalue weighted by Gasteiger charge is -2.25. The minimum Gasteiger partial charge on any atom is -0.480 e. The summed E-state index contributed by atoms with van der Waals surface area (Å²) in [7, 11) is 0. The van der Waals surface area contributed by atoms with Gasteiger partial charge in [0.05, 0.1) is 6.54 Å². The van der Waals surface area contributed by atoms with Crippen molar-refractivity contribution in [1.29, 1.82) is 0 Å². The average molecular weight is 254 g/mol. The molecule has 1 atom stereocenters. The molecule has 0 saturated heterocycles. The van der Waals surface area contributed by atoms with Crippen LogP contribution in [0.15, 0.2) is 6.33 Å². The highest BCUT2D eigenvalue weighted by Gasteiger charge is 2.31. The van der Waals surface area contributed by atoms with Crippen LogP contribution in [0.2, 0.25) is 0 Å². The molecule has 0 fully saturated rings. The number of carboxylic acid groups (broad SMARTS) is 1. The van der Waals surface area contributed by atoms with Gasteiger partial charge >= 0.3 is 5.97 Å². The van der Waals surface area contributed by atoms with Gasteiger partial charge < -0.3 is 5.11 Å². The molecule has 1 aromatic rings. The number of hydrogen-bond acceptors (Lipinski definition) is 4. The van der Waals surface area contributed by atoms with Crippen LogP contribution in [0.4, 0.5) is 0 Å². The first kappa shape index (κ1) is 14.6. The van der Waals surface area contributed by atoms with Gasteiger partial charge in [-0.3, -0.25) is 10.1 Å². The lowest BCUT2D eigenvalue weighted by atomic mass is 9.96. The largest absolute Gasteiger partial charge is 0.480 e. The summed E-state index contributed by atoms with van der Waals surface area (Å²) in [5, 5.41) is 16.5. The third-order valence-corrected chi connectivity index (χ3v) is 3.00. The van der Waals surface area contributed by atoms with E-state index < -0.39 is 11.5 Å². The molecule has 2 N–H and O–H groups in total. The van der Waals surface area contributed by atoms with E-state index in [1.165, 1.54) is 6.33 Å². The van der Waals surface area contributed by atoms with Crippen LogP contribution < -0.4 is 5.32 Å². The zero-order valence-corrected chi connectivity index (χ0v) is 11.5. The molecule has 6 heteroatoms. The van der Waals surface area contributed by atoms with E-state index in [9.17, 15) is 9.90 Å². The van der Waals surface area contributed by atoms with Crippen molar-refractivity contribution in [3.8, 4) is 0 Å². The molecule has 1 heterocycles. The van der Waals surface area contributed by atoms with Crippen molar-refractivity contribution in [2.75, 3.05) is 0 Å².